The molecule has 0 aliphatic heterocycles. The molecule has 0 radical (unpaired) electrons. The highest BCUT2D eigenvalue weighted by molar-refractivity contribution is 5.11. The molecule has 0 aromatic rings. The largest absolute Gasteiger partial charge is 0.467 e. The van der Waals surface area contributed by atoms with E-state index in [9.17, 15) is 0 Å². The van der Waals surface area contributed by atoms with Crippen LogP contribution in [0.1, 0.15) is 40.5 Å². The molecule has 0 fully saturated rings. The van der Waals surface area contributed by atoms with Gasteiger partial charge in [0.25, 0.3) is 0 Å². The summed E-state index contributed by atoms with van der Waals surface area (Å²) in [6.45, 7) is 8.14. The monoisotopic (exact) mass is 206 g/mol. The van der Waals surface area contributed by atoms with Gasteiger partial charge in [0.1, 0.15) is 11.5 Å². The summed E-state index contributed by atoms with van der Waals surface area (Å²) < 4.78 is 5.56. The van der Waals surface area contributed by atoms with E-state index in [4.69, 9.17) is 4.74 Å². The van der Waals surface area contributed by atoms with Crippen LogP contribution in [0.4, 0.5) is 0 Å². The molecule has 0 rings (SSSR count). The normalized spacial score (nSPS) is 14.1. The zero-order valence-corrected chi connectivity index (χ0v) is 10.3. The van der Waals surface area contributed by atoms with Crippen LogP contribution in [0, 0.1) is 0 Å². The Labute approximate surface area is 93.8 Å². The van der Waals surface area contributed by atoms with E-state index in [1.165, 1.54) is 0 Å². The Morgan fingerprint density at radius 3 is 1.60 bits per heavy atom. The second-order valence-corrected chi connectivity index (χ2v) is 3.33. The van der Waals surface area contributed by atoms with Crippen molar-refractivity contribution in [1.82, 2.24) is 0 Å². The van der Waals surface area contributed by atoms with Crippen molar-refractivity contribution in [3.8, 4) is 0 Å². The van der Waals surface area contributed by atoms with Crippen LogP contribution in [0.5, 0.6) is 0 Å². The summed E-state index contributed by atoms with van der Waals surface area (Å²) in [5.74, 6) is 1.83. The fourth-order valence-electron chi connectivity index (χ4n) is 1.00. The maximum Gasteiger partial charge on any atom is 0.100 e. The fourth-order valence-corrected chi connectivity index (χ4v) is 1.00. The fraction of sp³-hybridized carbons (Fsp3) is 0.429. The van der Waals surface area contributed by atoms with Gasteiger partial charge in [-0.3, -0.25) is 0 Å². The van der Waals surface area contributed by atoms with Gasteiger partial charge in [-0.1, -0.05) is 38.2 Å². The standard InChI is InChI=1S/C14H22O/c1-5-7-9-11-13(3)15-14(4)12-10-8-6-2/h7-12H,5-6H2,1-4H3/b9-7+,10-8+,13-11-,14-12+. The summed E-state index contributed by atoms with van der Waals surface area (Å²) in [5.41, 5.74) is 0. The maximum absolute atomic E-state index is 5.56. The summed E-state index contributed by atoms with van der Waals surface area (Å²) in [6, 6.07) is 0. The molecule has 84 valence electrons. The molecule has 0 spiro atoms. The molecule has 0 unspecified atom stereocenters. The predicted octanol–water partition coefficient (Wildman–Crippen LogP) is 4.74. The summed E-state index contributed by atoms with van der Waals surface area (Å²) in [4.78, 5) is 0. The van der Waals surface area contributed by atoms with Crippen LogP contribution >= 0.6 is 0 Å². The molecule has 0 saturated carbocycles. The minimum atomic E-state index is 0.915. The third-order valence-corrected chi connectivity index (χ3v) is 1.73. The Morgan fingerprint density at radius 1 is 0.867 bits per heavy atom. The van der Waals surface area contributed by atoms with Crippen molar-refractivity contribution in [2.75, 3.05) is 0 Å². The van der Waals surface area contributed by atoms with Crippen LogP contribution < -0.4 is 0 Å². The van der Waals surface area contributed by atoms with Gasteiger partial charge in [0.05, 0.1) is 0 Å². The van der Waals surface area contributed by atoms with Crippen molar-refractivity contribution < 1.29 is 4.74 Å². The van der Waals surface area contributed by atoms with E-state index in [1.54, 1.807) is 0 Å². The van der Waals surface area contributed by atoms with E-state index >= 15 is 0 Å². The molecule has 1 heteroatoms. The molecule has 0 aliphatic rings. The first-order valence-electron chi connectivity index (χ1n) is 5.55. The molecule has 0 heterocycles. The minimum Gasteiger partial charge on any atom is -0.467 e. The average Bonchev–Trinajstić information content (AvgIpc) is 2.18. The number of allylic oxidation sites excluding steroid dienone is 8. The molecular formula is C14H22O. The minimum absolute atomic E-state index is 0.915. The first-order chi connectivity index (χ1) is 7.20. The van der Waals surface area contributed by atoms with E-state index in [0.29, 0.717) is 0 Å². The molecule has 0 aliphatic carbocycles. The number of rotatable bonds is 6. The van der Waals surface area contributed by atoms with Crippen LogP contribution in [0.15, 0.2) is 48.0 Å². The van der Waals surface area contributed by atoms with Crippen LogP contribution in [0.3, 0.4) is 0 Å². The highest BCUT2D eigenvalue weighted by atomic mass is 16.5. The lowest BCUT2D eigenvalue weighted by molar-refractivity contribution is 0.309. The molecule has 1 nitrogen and oxygen atoms in total. The summed E-state index contributed by atoms with van der Waals surface area (Å²) in [6.07, 6.45) is 14.3. The SMILES string of the molecule is CC/C=C/C=C(/C)O/C(C)=C/C=C/CC. The van der Waals surface area contributed by atoms with Crippen LogP contribution in [0.25, 0.3) is 0 Å². The van der Waals surface area contributed by atoms with Gasteiger partial charge in [-0.15, -0.1) is 0 Å². The highest BCUT2D eigenvalue weighted by Gasteiger charge is 1.89. The second-order valence-electron chi connectivity index (χ2n) is 3.33. The van der Waals surface area contributed by atoms with Gasteiger partial charge in [0.2, 0.25) is 0 Å². The first-order valence-corrected chi connectivity index (χ1v) is 5.55. The van der Waals surface area contributed by atoms with Crippen LogP contribution in [-0.2, 0) is 4.74 Å². The lowest BCUT2D eigenvalue weighted by Gasteiger charge is -2.03. The van der Waals surface area contributed by atoms with Gasteiger partial charge in [0.15, 0.2) is 0 Å². The Balaban J connectivity index is 4.10. The van der Waals surface area contributed by atoms with E-state index < -0.39 is 0 Å². The van der Waals surface area contributed by atoms with E-state index in [-0.39, 0.29) is 0 Å². The predicted molar refractivity (Wildman–Crippen MR) is 67.5 cm³/mol. The summed E-state index contributed by atoms with van der Waals surface area (Å²) in [7, 11) is 0. The molecule has 0 amide bonds. The molecule has 0 atom stereocenters. The zero-order chi connectivity index (χ0) is 11.5. The number of ether oxygens (including phenoxy) is 1. The van der Waals surface area contributed by atoms with Crippen molar-refractivity contribution in [1.29, 1.82) is 0 Å². The maximum atomic E-state index is 5.56. The van der Waals surface area contributed by atoms with E-state index in [0.717, 1.165) is 24.4 Å². The summed E-state index contributed by atoms with van der Waals surface area (Å²) in [5, 5.41) is 0. The van der Waals surface area contributed by atoms with E-state index in [2.05, 4.69) is 26.0 Å². The van der Waals surface area contributed by atoms with Crippen LogP contribution in [-0.4, -0.2) is 0 Å². The topological polar surface area (TPSA) is 9.23 Å². The number of hydrogen-bond acceptors (Lipinski definition) is 1. The van der Waals surface area contributed by atoms with Gasteiger partial charge in [0, 0.05) is 0 Å². The van der Waals surface area contributed by atoms with Gasteiger partial charge < -0.3 is 4.74 Å². The van der Waals surface area contributed by atoms with Crippen LogP contribution in [0.2, 0.25) is 0 Å². The highest BCUT2D eigenvalue weighted by Crippen LogP contribution is 2.05. The molecular weight excluding hydrogens is 184 g/mol. The molecule has 0 aromatic heterocycles. The van der Waals surface area contributed by atoms with Crippen molar-refractivity contribution in [2.45, 2.75) is 40.5 Å². The van der Waals surface area contributed by atoms with Crippen molar-refractivity contribution in [3.05, 3.63) is 48.0 Å². The quantitative estimate of drug-likeness (QED) is 0.450. The summed E-state index contributed by atoms with van der Waals surface area (Å²) >= 11 is 0. The third-order valence-electron chi connectivity index (χ3n) is 1.73. The lowest BCUT2D eigenvalue weighted by Crippen LogP contribution is -1.84. The van der Waals surface area contributed by atoms with Gasteiger partial charge in [-0.25, -0.2) is 0 Å². The Bertz CT molecular complexity index is 239. The Kier molecular flexibility index (Phi) is 8.55. The molecule has 15 heavy (non-hydrogen) atoms. The third kappa shape index (κ3) is 9.07. The number of hydrogen-bond donors (Lipinski definition) is 0. The van der Waals surface area contributed by atoms with Gasteiger partial charge in [-0.2, -0.15) is 0 Å². The Hall–Kier alpha value is -1.24. The zero-order valence-electron chi connectivity index (χ0n) is 10.3. The van der Waals surface area contributed by atoms with Crippen molar-refractivity contribution in [3.63, 3.8) is 0 Å². The first kappa shape index (κ1) is 13.8. The molecule has 0 saturated heterocycles. The lowest BCUT2D eigenvalue weighted by atomic mass is 10.3. The van der Waals surface area contributed by atoms with Gasteiger partial charge >= 0.3 is 0 Å². The van der Waals surface area contributed by atoms with Gasteiger partial charge in [-0.05, 0) is 38.8 Å². The molecule has 0 aromatic carbocycles. The van der Waals surface area contributed by atoms with Crippen molar-refractivity contribution in [2.24, 2.45) is 0 Å². The molecule has 0 bridgehead atoms. The Morgan fingerprint density at radius 2 is 1.27 bits per heavy atom. The van der Waals surface area contributed by atoms with E-state index in [1.807, 2.05) is 38.2 Å². The van der Waals surface area contributed by atoms with Crippen molar-refractivity contribution >= 4 is 0 Å². The average molecular weight is 206 g/mol. The second kappa shape index (κ2) is 9.32. The smallest absolute Gasteiger partial charge is 0.100 e. The molecule has 0 N–H and O–H groups in total.